The zero-order valence-corrected chi connectivity index (χ0v) is 91.0. The van der Waals surface area contributed by atoms with E-state index in [0.717, 1.165) is 0 Å². The number of methoxy groups -OCH3 is 2. The third-order valence-electron chi connectivity index (χ3n) is 29.1. The summed E-state index contributed by atoms with van der Waals surface area (Å²) in [7, 11) is 8.40. The second-order valence-corrected chi connectivity index (χ2v) is 47.2. The fourth-order valence-corrected chi connectivity index (χ4v) is 21.2. The minimum atomic E-state index is -2.11. The number of nitrogens with zero attached hydrogens (tertiary/aromatic N) is 4. The maximum Gasteiger partial charge on any atom is 0.331 e. The molecule has 0 amide bonds. The first-order valence-corrected chi connectivity index (χ1v) is 52.1. The van der Waals surface area contributed by atoms with Gasteiger partial charge in [-0.3, -0.25) is 28.8 Å². The number of ether oxygens (including phenoxy) is 18. The van der Waals surface area contributed by atoms with Gasteiger partial charge in [0.05, 0.1) is 134 Å². The zero-order chi connectivity index (χ0) is 106. The van der Waals surface area contributed by atoms with E-state index in [9.17, 15) is 63.9 Å². The number of aliphatic hydroxyl groups is 5. The number of rotatable bonds is 30. The highest BCUT2D eigenvalue weighted by Crippen LogP contribution is 2.48. The molecule has 6 rings (SSSR count). The third-order valence-corrected chi connectivity index (χ3v) is 33.6. The summed E-state index contributed by atoms with van der Waals surface area (Å²) in [6.07, 6.45) is -12.2. The van der Waals surface area contributed by atoms with Crippen LogP contribution in [0.15, 0.2) is 34.6 Å². The smallest absolute Gasteiger partial charge is 0.331 e. The molecule has 2 unspecified atom stereocenters. The van der Waals surface area contributed by atoms with E-state index in [1.807, 2.05) is 91.7 Å². The van der Waals surface area contributed by atoms with Gasteiger partial charge >= 0.3 is 47.8 Å². The molecule has 6 saturated heterocycles. The molecule has 0 aromatic heterocycles. The first-order valence-electron chi connectivity index (χ1n) is 49.1. The number of oxime groups is 2. The Morgan fingerprint density at radius 3 is 1.09 bits per heavy atom. The average molecular weight is 2000 g/mol. The van der Waals surface area contributed by atoms with E-state index in [4.69, 9.17) is 99.4 Å². The highest BCUT2D eigenvalue weighted by atomic mass is 28.4. The maximum atomic E-state index is 14.9. The van der Waals surface area contributed by atoms with Gasteiger partial charge in [-0.2, -0.15) is 0 Å². The van der Waals surface area contributed by atoms with Crippen molar-refractivity contribution in [1.82, 2.24) is 9.80 Å². The van der Waals surface area contributed by atoms with Gasteiger partial charge in [0.2, 0.25) is 0 Å². The van der Waals surface area contributed by atoms with Crippen LogP contribution in [-0.4, -0.2) is 340 Å². The van der Waals surface area contributed by atoms with Crippen LogP contribution >= 0.6 is 0 Å². The Hall–Kier alpha value is -6.00. The van der Waals surface area contributed by atoms with Crippen LogP contribution in [0.1, 0.15) is 252 Å². The lowest BCUT2D eigenvalue weighted by molar-refractivity contribution is -0.321. The van der Waals surface area contributed by atoms with Crippen molar-refractivity contribution in [2.45, 2.75) is 439 Å². The molecule has 0 aromatic carbocycles. The summed E-state index contributed by atoms with van der Waals surface area (Å²) in [5.74, 6) is -12.4. The van der Waals surface area contributed by atoms with Gasteiger partial charge in [0, 0.05) is 104 Å². The molecule has 0 saturated carbocycles. The van der Waals surface area contributed by atoms with Crippen molar-refractivity contribution in [1.29, 1.82) is 0 Å². The lowest BCUT2D eigenvalue weighted by atomic mass is 9.73. The maximum absolute atomic E-state index is 14.9. The fraction of sp³-hybridized carbons (Fsp3) is 0.860. The molecule has 6 aliphatic heterocycles. The van der Waals surface area contributed by atoms with E-state index in [1.165, 1.54) is 75.7 Å². The van der Waals surface area contributed by atoms with Gasteiger partial charge in [-0.15, -0.1) is 0 Å². The van der Waals surface area contributed by atoms with E-state index in [2.05, 4.69) is 44.2 Å². The Bertz CT molecular complexity index is 4070. The Morgan fingerprint density at radius 1 is 0.460 bits per heavy atom. The number of carbonyl (C=O) groups is 8. The van der Waals surface area contributed by atoms with Gasteiger partial charge in [0.1, 0.15) is 34.6 Å². The summed E-state index contributed by atoms with van der Waals surface area (Å²) >= 11 is 0. The van der Waals surface area contributed by atoms with Crippen LogP contribution in [0.3, 0.4) is 0 Å². The van der Waals surface area contributed by atoms with Gasteiger partial charge in [0.15, 0.2) is 57.9 Å². The van der Waals surface area contributed by atoms with Crippen molar-refractivity contribution in [2.24, 2.45) is 57.7 Å². The Kier molecular flexibility index (Phi) is 47.0. The van der Waals surface area contributed by atoms with Crippen molar-refractivity contribution >= 4 is 67.5 Å². The molecule has 0 bridgehead atoms. The van der Waals surface area contributed by atoms with Gasteiger partial charge in [-0.05, 0) is 168 Å². The normalized spacial score (nSPS) is 40.3. The number of aliphatic hydroxyl groups excluding tert-OH is 3. The monoisotopic (exact) mass is 2000 g/mol. The quantitative estimate of drug-likeness (QED) is 0.0111. The first-order chi connectivity index (χ1) is 64.2. The Morgan fingerprint density at radius 2 is 0.791 bits per heavy atom. The molecule has 6 fully saturated rings. The largest absolute Gasteiger partial charge is 0.459 e. The summed E-state index contributed by atoms with van der Waals surface area (Å²) in [5.41, 5.74) is -8.81. The van der Waals surface area contributed by atoms with E-state index >= 15 is 0 Å². The number of likely N-dealkylation sites (N-methyl/N-ethyl adjacent to an activating group) is 2. The molecular weight excluding hydrogens is 1830 g/mol. The highest BCUT2D eigenvalue weighted by Gasteiger charge is 2.60. The summed E-state index contributed by atoms with van der Waals surface area (Å²) in [5, 5.41) is 66.7. The van der Waals surface area contributed by atoms with E-state index in [1.54, 1.807) is 89.2 Å². The molecule has 0 radical (unpaired) electrons. The van der Waals surface area contributed by atoms with Crippen LogP contribution in [0.25, 0.3) is 0 Å². The molecule has 139 heavy (non-hydrogen) atoms. The predicted octanol–water partition coefficient (Wildman–Crippen LogP) is 10.7. The molecular formula is C100H174N4O34Si. The molecule has 802 valence electrons. The lowest BCUT2D eigenvalue weighted by Crippen LogP contribution is -2.62. The van der Waals surface area contributed by atoms with Crippen molar-refractivity contribution in [3.63, 3.8) is 0 Å². The zero-order valence-electron chi connectivity index (χ0n) is 90.0. The average Bonchev–Trinajstić information content (AvgIpc) is 1.02. The van der Waals surface area contributed by atoms with Crippen LogP contribution < -0.4 is 0 Å². The molecule has 0 aliphatic carbocycles. The second kappa shape index (κ2) is 52.9. The number of hydrogen-bond donors (Lipinski definition) is 5. The van der Waals surface area contributed by atoms with Crippen LogP contribution in [-0.2, 0) is 138 Å². The Balaban J connectivity index is 0.000000493. The molecule has 0 spiro atoms. The van der Waals surface area contributed by atoms with Crippen LogP contribution in [0.5, 0.6) is 0 Å². The van der Waals surface area contributed by atoms with Gasteiger partial charge in [-0.25, -0.2) is 9.59 Å². The molecule has 0 aromatic rings. The van der Waals surface area contributed by atoms with Crippen LogP contribution in [0.2, 0.25) is 18.1 Å². The van der Waals surface area contributed by atoms with E-state index in [0.29, 0.717) is 19.4 Å². The van der Waals surface area contributed by atoms with Gasteiger partial charge < -0.3 is 135 Å². The molecule has 39 heteroatoms. The molecule has 36 atom stereocenters. The Labute approximate surface area is 826 Å². The highest BCUT2D eigenvalue weighted by molar-refractivity contribution is 6.74. The summed E-state index contributed by atoms with van der Waals surface area (Å²) in [6, 6.07) is -0.700. The standard InChI is InChI=1S/C53H94N2O17Si.C47H80N2O17/c1-22-40-53(16,61)45(59)32(4)42(54-72-38(10)58)30(2)28-52(15,63-25-23-24-26-64-73(20,21)50(11,12)13)46(71-49-44(67-36(8)56)39(55(17)18)27-31(3)65-49)33(5)43(34(6)48(60)69-40)70-41-29-51(14,62-19)47(35(7)66-41)68-37(9)57;1-17-35-47(13,56)40(54)27(4)37(48-66-33(10)53)25(2)23-46(12,58-21-19-18-20-50)41(65-44-39(61-31(8)51)34(49(14)15)22-26(3)59-44)28(5)38(29(6)43(55)63-35)64-36-24-45(11,57-16)42(30(7)60-36)62-32(9)52/h23-24,30-35,39-41,43-47,49,59,61H,22,25-29H2,1-21H3;18-19,25-30,34-36,38-42,44,50,54,56H,17,20-24H2,1-16H3/b24-23+,54-42+;19-18+,48-37+/t30-,31-,32+,33+,34-,35+,39+,40-,41?,43+,44-,45-,46-,47+,49+,51-,52-,53-;25-,26-,27+,28+,29-,30+,34+,35-,36?,38+,39-,40-,41-,42+,44+,45-,46-,47-/m11/s1. The molecule has 6 aliphatic rings. The lowest BCUT2D eigenvalue weighted by Gasteiger charge is -2.50. The number of esters is 6. The number of carbonyl (C=O) groups excluding carboxylic acids is 8. The first kappa shape index (κ1) is 123. The molecule has 6 heterocycles. The SMILES string of the molecule is CC[C@H]1OC(=O)[C@H](C)[C@@H](OC2C[C@@](C)(OC)[C@@H](OC(C)=O)[C@H](C)O2)[C@H](C)[C@@H](O[C@@H]2O[C@H](C)C[C@H](N(C)C)[C@H]2OC(C)=O)[C@](C)(OC/C=C/CO)C[C@@H](C)/C(=N\OC(C)=O)[C@H](C)[C@@H](O)[C@]1(C)O.CC[C@H]1OC(=O)[C@H](C)[C@@H](OC2C[C@@](C)(OC)[C@@H](OC(C)=O)[C@H](C)O2)[C@H](C)[C@@H](O[C@@H]2O[C@H](C)C[C@H](N(C)C)[C@H]2OC(C)=O)[C@](C)(OC/C=C/CO[Si](C)(C)C(C)(C)C)C[C@@H](C)/C(=N\OC(C)=O)[C@H](C)[C@@H](O)[C@]1(C)O. The van der Waals surface area contributed by atoms with Crippen LogP contribution in [0, 0.1) is 47.3 Å². The van der Waals surface area contributed by atoms with Crippen molar-refractivity contribution in [2.75, 3.05) is 68.8 Å². The summed E-state index contributed by atoms with van der Waals surface area (Å²) in [6.45, 7) is 53.0. The van der Waals surface area contributed by atoms with Gasteiger partial charge in [-0.1, -0.05) is 111 Å². The molecule has 5 N–H and O–H groups in total. The third kappa shape index (κ3) is 32.7. The summed E-state index contributed by atoms with van der Waals surface area (Å²) in [4.78, 5) is 119. The topological polar surface area (TPSA) is 463 Å². The fourth-order valence-electron chi connectivity index (χ4n) is 20.3. The van der Waals surface area contributed by atoms with Crippen molar-refractivity contribution < 1.29 is 163 Å². The predicted molar refractivity (Wildman–Crippen MR) is 515 cm³/mol. The van der Waals surface area contributed by atoms with Crippen LogP contribution in [0.4, 0.5) is 0 Å². The van der Waals surface area contributed by atoms with E-state index < -0.39 is 248 Å². The van der Waals surface area contributed by atoms with Crippen molar-refractivity contribution in [3.05, 3.63) is 24.3 Å². The minimum Gasteiger partial charge on any atom is -0.459 e. The second-order valence-electron chi connectivity index (χ2n) is 42.4. The van der Waals surface area contributed by atoms with E-state index in [-0.39, 0.29) is 99.1 Å². The van der Waals surface area contributed by atoms with Gasteiger partial charge in [0.25, 0.3) is 0 Å². The molecule has 38 nitrogen and oxygen atoms in total. The van der Waals surface area contributed by atoms with Crippen molar-refractivity contribution in [3.8, 4) is 0 Å². The minimum absolute atomic E-state index is 0.0163. The summed E-state index contributed by atoms with van der Waals surface area (Å²) < 4.78 is 123. The number of hydrogen-bond acceptors (Lipinski definition) is 38. The number of cyclic esters (lactones) is 2.